The average Bonchev–Trinajstić information content (AvgIpc) is 3.21. The average molecular weight is 665 g/mol. The van der Waals surface area contributed by atoms with Crippen LogP contribution < -0.4 is 4.90 Å². The Bertz CT molecular complexity index is 2550. The topological polar surface area (TPSA) is 16.1 Å². The Hall–Kier alpha value is -6.77. The zero-order valence-corrected chi connectivity index (χ0v) is 28.9. The third-order valence-corrected chi connectivity index (χ3v) is 9.90. The van der Waals surface area contributed by atoms with Crippen LogP contribution in [0.4, 0.5) is 17.2 Å². The summed E-state index contributed by atoms with van der Waals surface area (Å²) in [6.07, 6.45) is 0. The fraction of sp³-hybridized carbons (Fsp3) is 0.0200. The Morgan fingerprint density at radius 2 is 0.750 bits per heavy atom. The molecule has 0 aliphatic heterocycles. The molecule has 8 aromatic carbocycles. The Labute approximate surface area is 304 Å². The molecule has 0 aliphatic rings. The van der Waals surface area contributed by atoms with Gasteiger partial charge >= 0.3 is 0 Å². The summed E-state index contributed by atoms with van der Waals surface area (Å²) in [7, 11) is 0. The maximum Gasteiger partial charge on any atom is 0.137 e. The van der Waals surface area contributed by atoms with Crippen LogP contribution in [0.3, 0.4) is 0 Å². The maximum atomic E-state index is 4.90. The predicted octanol–water partition coefficient (Wildman–Crippen LogP) is 13.8. The molecule has 2 heteroatoms. The first-order valence-corrected chi connectivity index (χ1v) is 17.8. The minimum Gasteiger partial charge on any atom is -0.295 e. The molecule has 0 amide bonds. The van der Waals surface area contributed by atoms with Crippen LogP contribution in [-0.2, 0) is 0 Å². The predicted molar refractivity (Wildman–Crippen MR) is 220 cm³/mol. The molecule has 0 saturated carbocycles. The number of rotatable bonds is 7. The van der Waals surface area contributed by atoms with Crippen LogP contribution in [0.25, 0.3) is 66.1 Å². The highest BCUT2D eigenvalue weighted by Crippen LogP contribution is 2.46. The number of benzene rings is 8. The molecule has 0 bridgehead atoms. The van der Waals surface area contributed by atoms with E-state index in [1.165, 1.54) is 66.1 Å². The first-order valence-electron chi connectivity index (χ1n) is 17.8. The number of anilines is 3. The Morgan fingerprint density at radius 1 is 0.327 bits per heavy atom. The smallest absolute Gasteiger partial charge is 0.137 e. The summed E-state index contributed by atoms with van der Waals surface area (Å²) in [5.74, 6) is 0.895. The second-order valence-electron chi connectivity index (χ2n) is 13.2. The van der Waals surface area contributed by atoms with Gasteiger partial charge in [-0.25, -0.2) is 4.98 Å². The lowest BCUT2D eigenvalue weighted by molar-refractivity contribution is 1.13. The van der Waals surface area contributed by atoms with E-state index in [4.69, 9.17) is 4.98 Å². The number of fused-ring (bicyclic) bond motifs is 2. The minimum atomic E-state index is 0.895. The molecule has 52 heavy (non-hydrogen) atoms. The molecule has 1 heterocycles. The molecular formula is C50H36N2. The third-order valence-electron chi connectivity index (χ3n) is 9.90. The van der Waals surface area contributed by atoms with Crippen molar-refractivity contribution < 1.29 is 0 Å². The highest BCUT2D eigenvalue weighted by atomic mass is 15.2. The molecular weight excluding hydrogens is 629 g/mol. The normalized spacial score (nSPS) is 11.2. The van der Waals surface area contributed by atoms with Gasteiger partial charge in [0, 0.05) is 17.1 Å². The van der Waals surface area contributed by atoms with Crippen molar-refractivity contribution in [2.75, 3.05) is 4.90 Å². The van der Waals surface area contributed by atoms with Crippen molar-refractivity contribution in [1.82, 2.24) is 4.98 Å². The molecule has 0 unspecified atom stereocenters. The second-order valence-corrected chi connectivity index (χ2v) is 13.2. The van der Waals surface area contributed by atoms with E-state index < -0.39 is 0 Å². The summed E-state index contributed by atoms with van der Waals surface area (Å²) < 4.78 is 0. The summed E-state index contributed by atoms with van der Waals surface area (Å²) >= 11 is 0. The van der Waals surface area contributed by atoms with Gasteiger partial charge in [-0.2, -0.15) is 0 Å². The zero-order valence-electron chi connectivity index (χ0n) is 28.9. The number of nitrogens with zero attached hydrogens (tertiary/aromatic N) is 2. The lowest BCUT2D eigenvalue weighted by Crippen LogP contribution is -2.11. The number of aryl methyl sites for hydroxylation is 1. The summed E-state index contributed by atoms with van der Waals surface area (Å²) in [6.45, 7) is 2.04. The Balaban J connectivity index is 1.24. The van der Waals surface area contributed by atoms with Gasteiger partial charge in [-0.05, 0) is 128 Å². The molecule has 9 rings (SSSR count). The van der Waals surface area contributed by atoms with Gasteiger partial charge in [-0.15, -0.1) is 0 Å². The first kappa shape index (κ1) is 31.2. The maximum absolute atomic E-state index is 4.90. The summed E-state index contributed by atoms with van der Waals surface area (Å²) in [5, 5.41) is 4.94. The monoisotopic (exact) mass is 664 g/mol. The van der Waals surface area contributed by atoms with Crippen LogP contribution in [0.1, 0.15) is 5.69 Å². The van der Waals surface area contributed by atoms with Crippen molar-refractivity contribution >= 4 is 38.7 Å². The lowest BCUT2D eigenvalue weighted by Gasteiger charge is -2.25. The van der Waals surface area contributed by atoms with Crippen molar-refractivity contribution in [3.63, 3.8) is 0 Å². The van der Waals surface area contributed by atoms with E-state index in [0.717, 1.165) is 22.9 Å². The molecule has 1 aromatic heterocycles. The zero-order chi connectivity index (χ0) is 34.9. The van der Waals surface area contributed by atoms with Crippen LogP contribution in [0.2, 0.25) is 0 Å². The van der Waals surface area contributed by atoms with Crippen molar-refractivity contribution in [2.45, 2.75) is 6.92 Å². The number of hydrogen-bond acceptors (Lipinski definition) is 2. The van der Waals surface area contributed by atoms with E-state index in [1.807, 2.05) is 13.0 Å². The van der Waals surface area contributed by atoms with Gasteiger partial charge in [-0.1, -0.05) is 146 Å². The second kappa shape index (κ2) is 13.5. The lowest BCUT2D eigenvalue weighted by atomic mass is 9.84. The van der Waals surface area contributed by atoms with Gasteiger partial charge in [0.1, 0.15) is 5.82 Å². The van der Waals surface area contributed by atoms with E-state index in [-0.39, 0.29) is 0 Å². The fourth-order valence-electron chi connectivity index (χ4n) is 7.54. The van der Waals surface area contributed by atoms with E-state index in [1.54, 1.807) is 0 Å². The van der Waals surface area contributed by atoms with Crippen molar-refractivity contribution in [1.29, 1.82) is 0 Å². The van der Waals surface area contributed by atoms with Crippen LogP contribution in [-0.4, -0.2) is 4.98 Å². The highest BCUT2D eigenvalue weighted by molar-refractivity contribution is 6.21. The van der Waals surface area contributed by atoms with Gasteiger partial charge in [0.05, 0.1) is 0 Å². The van der Waals surface area contributed by atoms with Crippen LogP contribution in [0.15, 0.2) is 200 Å². The third kappa shape index (κ3) is 5.81. The molecule has 9 aromatic rings. The molecule has 246 valence electrons. The molecule has 0 atom stereocenters. The summed E-state index contributed by atoms with van der Waals surface area (Å²) in [5.41, 5.74) is 12.8. The Morgan fingerprint density at radius 3 is 1.25 bits per heavy atom. The number of hydrogen-bond donors (Lipinski definition) is 0. The number of pyridine rings is 1. The van der Waals surface area contributed by atoms with Crippen LogP contribution >= 0.6 is 0 Å². The minimum absolute atomic E-state index is 0.895. The SMILES string of the molecule is Cc1cccc(N(c2ccccc2)c2ccc(-c3c4ccccc4c(-c4cc(-c5ccccc5)cc(-c5ccccc5)c4)c4ccccc34)cc2)n1. The van der Waals surface area contributed by atoms with Crippen LogP contribution in [0.5, 0.6) is 0 Å². The summed E-state index contributed by atoms with van der Waals surface area (Å²) in [4.78, 5) is 7.13. The highest BCUT2D eigenvalue weighted by Gasteiger charge is 2.19. The van der Waals surface area contributed by atoms with Gasteiger partial charge < -0.3 is 0 Å². The molecule has 0 saturated heterocycles. The van der Waals surface area contributed by atoms with E-state index in [9.17, 15) is 0 Å². The number of aromatic nitrogens is 1. The van der Waals surface area contributed by atoms with Crippen molar-refractivity contribution in [2.24, 2.45) is 0 Å². The largest absolute Gasteiger partial charge is 0.295 e. The molecule has 0 spiro atoms. The van der Waals surface area contributed by atoms with Crippen molar-refractivity contribution in [3.05, 3.63) is 206 Å². The van der Waals surface area contributed by atoms with E-state index in [2.05, 4.69) is 199 Å². The summed E-state index contributed by atoms with van der Waals surface area (Å²) in [6, 6.07) is 71.9. The van der Waals surface area contributed by atoms with Gasteiger partial charge in [-0.3, -0.25) is 4.90 Å². The Kier molecular flexibility index (Phi) is 8.11. The standard InChI is InChI=1S/C50H36N2/c1-35-16-15-27-48(51-35)52(42-21-9-4-10-22-42)43-30-28-38(29-31-43)49-44-23-11-13-25-46(44)50(47-26-14-12-24-45(47)49)41-33-39(36-17-5-2-6-18-36)32-40(34-41)37-19-7-3-8-20-37/h2-34H,1H3. The molecule has 0 N–H and O–H groups in total. The molecule has 0 aliphatic carbocycles. The van der Waals surface area contributed by atoms with E-state index >= 15 is 0 Å². The van der Waals surface area contributed by atoms with Crippen LogP contribution in [0, 0.1) is 6.92 Å². The van der Waals surface area contributed by atoms with Gasteiger partial charge in [0.15, 0.2) is 0 Å². The first-order chi connectivity index (χ1) is 25.7. The molecule has 0 radical (unpaired) electrons. The quantitative estimate of drug-likeness (QED) is 0.158. The van der Waals surface area contributed by atoms with E-state index in [0.29, 0.717) is 0 Å². The van der Waals surface area contributed by atoms with Gasteiger partial charge in [0.2, 0.25) is 0 Å². The number of para-hydroxylation sites is 1. The molecule has 2 nitrogen and oxygen atoms in total. The van der Waals surface area contributed by atoms with Gasteiger partial charge in [0.25, 0.3) is 0 Å². The fourth-order valence-corrected chi connectivity index (χ4v) is 7.54. The molecule has 0 fully saturated rings. The van der Waals surface area contributed by atoms with Crippen molar-refractivity contribution in [3.8, 4) is 44.5 Å².